The average molecular weight is 373 g/mol. The lowest BCUT2D eigenvalue weighted by molar-refractivity contribution is -0.147. The lowest BCUT2D eigenvalue weighted by atomic mass is 10.0. The number of ether oxygens (including phenoxy) is 1. The molecule has 0 bridgehead atoms. The maximum absolute atomic E-state index is 12.1. The van der Waals surface area contributed by atoms with Gasteiger partial charge < -0.3 is 4.74 Å². The van der Waals surface area contributed by atoms with Crippen molar-refractivity contribution in [1.29, 1.82) is 0 Å². The molecule has 1 aromatic rings. The van der Waals surface area contributed by atoms with Crippen LogP contribution in [0.15, 0.2) is 30.3 Å². The van der Waals surface area contributed by atoms with Crippen molar-refractivity contribution < 1.29 is 9.53 Å². The van der Waals surface area contributed by atoms with E-state index in [-0.39, 0.29) is 18.1 Å². The minimum Gasteiger partial charge on any atom is -0.468 e. The summed E-state index contributed by atoms with van der Waals surface area (Å²) in [5.74, 6) is 0.307. The van der Waals surface area contributed by atoms with Crippen LogP contribution in [0.1, 0.15) is 24.9 Å². The van der Waals surface area contributed by atoms with Gasteiger partial charge in [0, 0.05) is 10.5 Å². The molecule has 1 aromatic carbocycles. The van der Waals surface area contributed by atoms with Crippen molar-refractivity contribution in [2.24, 2.45) is 5.92 Å². The SMILES string of the molecule is COC(=O)[C@H]1[C@@H](CI)CCN1[C@H](C)c1ccccc1. The van der Waals surface area contributed by atoms with Crippen molar-refractivity contribution in [3.63, 3.8) is 0 Å². The molecule has 1 fully saturated rings. The summed E-state index contributed by atoms with van der Waals surface area (Å²) in [5, 5.41) is 0. The number of carbonyl (C=O) groups is 1. The van der Waals surface area contributed by atoms with Crippen LogP contribution in [0.4, 0.5) is 0 Å². The third kappa shape index (κ3) is 3.11. The highest BCUT2D eigenvalue weighted by Crippen LogP contribution is 2.34. The molecule has 1 heterocycles. The fourth-order valence-corrected chi connectivity index (χ4v) is 3.77. The van der Waals surface area contributed by atoms with E-state index < -0.39 is 0 Å². The largest absolute Gasteiger partial charge is 0.468 e. The van der Waals surface area contributed by atoms with Crippen LogP contribution in [0.3, 0.4) is 0 Å². The molecule has 1 saturated heterocycles. The van der Waals surface area contributed by atoms with Crippen molar-refractivity contribution >= 4 is 28.6 Å². The number of hydrogen-bond acceptors (Lipinski definition) is 3. The Morgan fingerprint density at radius 3 is 2.74 bits per heavy atom. The Morgan fingerprint density at radius 1 is 1.47 bits per heavy atom. The van der Waals surface area contributed by atoms with Crippen LogP contribution >= 0.6 is 22.6 Å². The number of benzene rings is 1. The van der Waals surface area contributed by atoms with Gasteiger partial charge in [-0.05, 0) is 31.4 Å². The zero-order valence-electron chi connectivity index (χ0n) is 11.4. The molecule has 3 nitrogen and oxygen atoms in total. The second-order valence-electron chi connectivity index (χ2n) is 5.00. The third-order valence-corrected chi connectivity index (χ3v) is 5.11. The summed E-state index contributed by atoms with van der Waals surface area (Å²) < 4.78 is 5.99. The van der Waals surface area contributed by atoms with Gasteiger partial charge in [0.1, 0.15) is 6.04 Å². The lowest BCUT2D eigenvalue weighted by Gasteiger charge is -2.31. The van der Waals surface area contributed by atoms with Gasteiger partial charge in [-0.25, -0.2) is 0 Å². The second kappa shape index (κ2) is 6.70. The van der Waals surface area contributed by atoms with E-state index in [4.69, 9.17) is 4.74 Å². The van der Waals surface area contributed by atoms with Crippen molar-refractivity contribution in [1.82, 2.24) is 4.90 Å². The molecule has 0 aromatic heterocycles. The highest BCUT2D eigenvalue weighted by atomic mass is 127. The molecular weight excluding hydrogens is 353 g/mol. The number of likely N-dealkylation sites (tertiary alicyclic amines) is 1. The molecule has 2 rings (SSSR count). The minimum absolute atomic E-state index is 0.0954. The lowest BCUT2D eigenvalue weighted by Crippen LogP contribution is -2.42. The predicted molar refractivity (Wildman–Crippen MR) is 84.4 cm³/mol. The summed E-state index contributed by atoms with van der Waals surface area (Å²) >= 11 is 2.37. The molecule has 4 heteroatoms. The molecule has 1 aliphatic rings. The minimum atomic E-state index is -0.0999. The average Bonchev–Trinajstić information content (AvgIpc) is 2.90. The maximum atomic E-state index is 12.1. The van der Waals surface area contributed by atoms with Crippen LogP contribution in [0.2, 0.25) is 0 Å². The Morgan fingerprint density at radius 2 is 2.16 bits per heavy atom. The number of nitrogens with zero attached hydrogens (tertiary/aromatic N) is 1. The highest BCUT2D eigenvalue weighted by molar-refractivity contribution is 14.1. The van der Waals surface area contributed by atoms with Gasteiger partial charge >= 0.3 is 5.97 Å². The fraction of sp³-hybridized carbons (Fsp3) is 0.533. The van der Waals surface area contributed by atoms with Crippen LogP contribution < -0.4 is 0 Å². The van der Waals surface area contributed by atoms with E-state index in [9.17, 15) is 4.79 Å². The van der Waals surface area contributed by atoms with Gasteiger partial charge in [0.05, 0.1) is 7.11 Å². The first-order chi connectivity index (χ1) is 9.19. The van der Waals surface area contributed by atoms with Gasteiger partial charge in [0.25, 0.3) is 0 Å². The van der Waals surface area contributed by atoms with Crippen molar-refractivity contribution in [3.8, 4) is 0 Å². The summed E-state index contributed by atoms with van der Waals surface area (Å²) in [6.45, 7) is 3.13. The molecule has 104 valence electrons. The Balaban J connectivity index is 2.20. The molecule has 0 aliphatic carbocycles. The fourth-order valence-electron chi connectivity index (χ4n) is 2.85. The number of hydrogen-bond donors (Lipinski definition) is 0. The summed E-state index contributed by atoms with van der Waals surface area (Å²) in [7, 11) is 1.48. The van der Waals surface area contributed by atoms with Gasteiger partial charge in [0.2, 0.25) is 0 Å². The van der Waals surface area contributed by atoms with Crippen LogP contribution in [0, 0.1) is 5.92 Å². The molecule has 0 radical (unpaired) electrons. The first kappa shape index (κ1) is 14.8. The normalized spacial score (nSPS) is 25.2. The van der Waals surface area contributed by atoms with Gasteiger partial charge in [-0.2, -0.15) is 0 Å². The first-order valence-corrected chi connectivity index (χ1v) is 8.16. The van der Waals surface area contributed by atoms with Gasteiger partial charge in [-0.3, -0.25) is 9.69 Å². The zero-order chi connectivity index (χ0) is 13.8. The summed E-state index contributed by atoms with van der Waals surface area (Å²) in [6.07, 6.45) is 1.07. The van der Waals surface area contributed by atoms with E-state index in [2.05, 4.69) is 46.5 Å². The molecule has 1 aliphatic heterocycles. The van der Waals surface area contributed by atoms with Crippen molar-refractivity contribution in [3.05, 3.63) is 35.9 Å². The number of halogens is 1. The second-order valence-corrected chi connectivity index (χ2v) is 5.88. The quantitative estimate of drug-likeness (QED) is 0.462. The van der Waals surface area contributed by atoms with E-state index in [1.54, 1.807) is 0 Å². The van der Waals surface area contributed by atoms with E-state index in [1.165, 1.54) is 12.7 Å². The van der Waals surface area contributed by atoms with Gasteiger partial charge in [-0.15, -0.1) is 0 Å². The maximum Gasteiger partial charge on any atom is 0.323 e. The Hall–Kier alpha value is -0.620. The number of esters is 1. The Kier molecular flexibility index (Phi) is 5.21. The standard InChI is InChI=1S/C15H20INO2/c1-11(12-6-4-3-5-7-12)17-9-8-13(10-16)14(17)15(18)19-2/h3-7,11,13-14H,8-10H2,1-2H3/t11-,13-,14-/m1/s1. The summed E-state index contributed by atoms with van der Waals surface area (Å²) in [4.78, 5) is 14.3. The smallest absolute Gasteiger partial charge is 0.323 e. The van der Waals surface area contributed by atoms with E-state index in [0.717, 1.165) is 17.4 Å². The molecule has 0 N–H and O–H groups in total. The molecule has 0 amide bonds. The van der Waals surface area contributed by atoms with E-state index in [0.29, 0.717) is 5.92 Å². The van der Waals surface area contributed by atoms with Gasteiger partial charge in [-0.1, -0.05) is 52.9 Å². The molecule has 3 atom stereocenters. The molecular formula is C15H20INO2. The highest BCUT2D eigenvalue weighted by Gasteiger charge is 2.41. The zero-order valence-corrected chi connectivity index (χ0v) is 13.5. The van der Waals surface area contributed by atoms with Crippen molar-refractivity contribution in [2.75, 3.05) is 18.1 Å². The third-order valence-electron chi connectivity index (χ3n) is 3.98. The topological polar surface area (TPSA) is 29.5 Å². The predicted octanol–water partition coefficient (Wildman–Crippen LogP) is 3.05. The molecule has 0 unspecified atom stereocenters. The number of carbonyl (C=O) groups excluding carboxylic acids is 1. The molecule has 19 heavy (non-hydrogen) atoms. The molecule has 0 spiro atoms. The molecule has 0 saturated carbocycles. The van der Waals surface area contributed by atoms with Crippen LogP contribution in [-0.2, 0) is 9.53 Å². The Bertz CT molecular complexity index is 423. The van der Waals surface area contributed by atoms with Crippen LogP contribution in [0.25, 0.3) is 0 Å². The monoisotopic (exact) mass is 373 g/mol. The first-order valence-electron chi connectivity index (χ1n) is 6.63. The summed E-state index contributed by atoms with van der Waals surface area (Å²) in [6, 6.07) is 10.5. The van der Waals surface area contributed by atoms with Crippen LogP contribution in [-0.4, -0.2) is 35.0 Å². The van der Waals surface area contributed by atoms with Gasteiger partial charge in [0.15, 0.2) is 0 Å². The number of rotatable bonds is 4. The number of alkyl halides is 1. The Labute approximate surface area is 128 Å². The summed E-state index contributed by atoms with van der Waals surface area (Å²) in [5.41, 5.74) is 1.26. The van der Waals surface area contributed by atoms with Crippen molar-refractivity contribution in [2.45, 2.75) is 25.4 Å². The number of methoxy groups -OCH3 is 1. The van der Waals surface area contributed by atoms with E-state index >= 15 is 0 Å². The van der Waals surface area contributed by atoms with Crippen LogP contribution in [0.5, 0.6) is 0 Å². The van der Waals surface area contributed by atoms with E-state index in [1.807, 2.05) is 18.2 Å².